The van der Waals surface area contributed by atoms with Crippen LogP contribution < -0.4 is 22.9 Å². The third-order valence-corrected chi connectivity index (χ3v) is 3.51. The Bertz CT molecular complexity index is 150. The summed E-state index contributed by atoms with van der Waals surface area (Å²) in [4.78, 5) is 0. The molecule has 0 saturated heterocycles. The number of hydrogen-bond acceptors (Lipinski definition) is 4. The van der Waals surface area contributed by atoms with Crippen molar-refractivity contribution in [2.45, 2.75) is 75.5 Å². The van der Waals surface area contributed by atoms with Crippen LogP contribution in [0.2, 0.25) is 0 Å². The van der Waals surface area contributed by atoms with E-state index in [2.05, 4.69) is 0 Å². The molecule has 8 N–H and O–H groups in total. The molecule has 4 atom stereocenters. The van der Waals surface area contributed by atoms with Crippen molar-refractivity contribution < 1.29 is 0 Å². The summed E-state index contributed by atoms with van der Waals surface area (Å²) in [5.41, 5.74) is 22.6. The first-order valence-corrected chi connectivity index (χ1v) is 6.60. The van der Waals surface area contributed by atoms with E-state index in [0.717, 1.165) is 12.8 Å². The van der Waals surface area contributed by atoms with E-state index in [-0.39, 0.29) is 0 Å². The maximum Gasteiger partial charge on any atom is 0.00535 e. The van der Waals surface area contributed by atoms with Crippen molar-refractivity contribution >= 4 is 0 Å². The second-order valence-electron chi connectivity index (χ2n) is 5.37. The summed E-state index contributed by atoms with van der Waals surface area (Å²) in [5, 5.41) is 0. The Kier molecular flexibility index (Phi) is 6.28. The standard InChI is InChI=1S/2C6H14N2/c2*7-5-2-1-3-6(8)4-5/h2*5-6H,1-4,7-8H2. The van der Waals surface area contributed by atoms with Gasteiger partial charge >= 0.3 is 0 Å². The van der Waals surface area contributed by atoms with Crippen LogP contribution in [-0.2, 0) is 0 Å². The van der Waals surface area contributed by atoms with Crippen LogP contribution in [0.4, 0.5) is 0 Å². The van der Waals surface area contributed by atoms with Crippen LogP contribution in [0, 0.1) is 0 Å². The minimum Gasteiger partial charge on any atom is -0.328 e. The Morgan fingerprint density at radius 1 is 0.500 bits per heavy atom. The van der Waals surface area contributed by atoms with Gasteiger partial charge in [-0.25, -0.2) is 0 Å². The van der Waals surface area contributed by atoms with Crippen LogP contribution in [0.3, 0.4) is 0 Å². The zero-order valence-corrected chi connectivity index (χ0v) is 10.3. The molecule has 2 rings (SSSR count). The molecule has 0 amide bonds. The van der Waals surface area contributed by atoms with E-state index < -0.39 is 0 Å². The van der Waals surface area contributed by atoms with Crippen LogP contribution in [-0.4, -0.2) is 24.2 Å². The molecule has 0 aromatic rings. The van der Waals surface area contributed by atoms with Crippen LogP contribution in [0.5, 0.6) is 0 Å². The summed E-state index contributed by atoms with van der Waals surface area (Å²) in [6.45, 7) is 0. The second-order valence-corrected chi connectivity index (χ2v) is 5.37. The zero-order valence-electron chi connectivity index (χ0n) is 10.3. The quantitative estimate of drug-likeness (QED) is 0.482. The van der Waals surface area contributed by atoms with Gasteiger partial charge in [-0.05, 0) is 38.5 Å². The third kappa shape index (κ3) is 5.80. The van der Waals surface area contributed by atoms with E-state index in [1.165, 1.54) is 38.5 Å². The molecular formula is C12H28N4. The van der Waals surface area contributed by atoms with Crippen LogP contribution in [0.25, 0.3) is 0 Å². The Balaban J connectivity index is 0.000000160. The molecule has 2 aliphatic rings. The third-order valence-electron chi connectivity index (χ3n) is 3.51. The van der Waals surface area contributed by atoms with Crippen molar-refractivity contribution in [2.24, 2.45) is 22.9 Å². The molecular weight excluding hydrogens is 200 g/mol. The fraction of sp³-hybridized carbons (Fsp3) is 1.00. The SMILES string of the molecule is NC1CCCC(N)C1.NC1CCCC(N)C1. The number of rotatable bonds is 0. The van der Waals surface area contributed by atoms with Gasteiger partial charge in [0, 0.05) is 24.2 Å². The van der Waals surface area contributed by atoms with Crippen LogP contribution in [0.15, 0.2) is 0 Å². The van der Waals surface area contributed by atoms with Gasteiger partial charge in [0.25, 0.3) is 0 Å². The maximum absolute atomic E-state index is 5.65. The Morgan fingerprint density at radius 3 is 0.875 bits per heavy atom. The largest absolute Gasteiger partial charge is 0.328 e. The normalized spacial score (nSPS) is 39.8. The zero-order chi connectivity index (χ0) is 12.0. The molecule has 96 valence electrons. The molecule has 16 heavy (non-hydrogen) atoms. The van der Waals surface area contributed by atoms with Gasteiger partial charge in [0.15, 0.2) is 0 Å². The lowest BCUT2D eigenvalue weighted by Crippen LogP contribution is -2.35. The van der Waals surface area contributed by atoms with Crippen molar-refractivity contribution in [2.75, 3.05) is 0 Å². The molecule has 4 heteroatoms. The van der Waals surface area contributed by atoms with E-state index >= 15 is 0 Å². The fourth-order valence-corrected chi connectivity index (χ4v) is 2.53. The van der Waals surface area contributed by atoms with E-state index in [4.69, 9.17) is 22.9 Å². The van der Waals surface area contributed by atoms with Gasteiger partial charge in [-0.2, -0.15) is 0 Å². The second kappa shape index (κ2) is 7.22. The fourth-order valence-electron chi connectivity index (χ4n) is 2.53. The average molecular weight is 228 g/mol. The molecule has 0 aliphatic heterocycles. The van der Waals surface area contributed by atoms with Gasteiger partial charge in [0.05, 0.1) is 0 Å². The highest BCUT2D eigenvalue weighted by Crippen LogP contribution is 2.14. The van der Waals surface area contributed by atoms with E-state index in [0.29, 0.717) is 24.2 Å². The summed E-state index contributed by atoms with van der Waals surface area (Å²) >= 11 is 0. The van der Waals surface area contributed by atoms with Crippen molar-refractivity contribution in [3.8, 4) is 0 Å². The minimum atomic E-state index is 0.388. The van der Waals surface area contributed by atoms with Gasteiger partial charge in [0.2, 0.25) is 0 Å². The highest BCUT2D eigenvalue weighted by Gasteiger charge is 2.15. The maximum atomic E-state index is 5.65. The van der Waals surface area contributed by atoms with Gasteiger partial charge in [-0.15, -0.1) is 0 Å². The molecule has 0 bridgehead atoms. The lowest BCUT2D eigenvalue weighted by molar-refractivity contribution is 0.392. The lowest BCUT2D eigenvalue weighted by Gasteiger charge is -2.22. The molecule has 4 unspecified atom stereocenters. The van der Waals surface area contributed by atoms with E-state index in [9.17, 15) is 0 Å². The summed E-state index contributed by atoms with van der Waals surface area (Å²) in [7, 11) is 0. The summed E-state index contributed by atoms with van der Waals surface area (Å²) in [6, 6.07) is 1.55. The van der Waals surface area contributed by atoms with Crippen molar-refractivity contribution in [3.05, 3.63) is 0 Å². The first-order chi connectivity index (χ1) is 7.58. The predicted molar refractivity (Wildman–Crippen MR) is 68.8 cm³/mol. The monoisotopic (exact) mass is 228 g/mol. The molecule has 0 heterocycles. The predicted octanol–water partition coefficient (Wildman–Crippen LogP) is 0.430. The lowest BCUT2D eigenvalue weighted by atomic mass is 9.92. The number of nitrogens with two attached hydrogens (primary N) is 4. The smallest absolute Gasteiger partial charge is 0.00535 e. The van der Waals surface area contributed by atoms with Crippen LogP contribution in [0.1, 0.15) is 51.4 Å². The van der Waals surface area contributed by atoms with Gasteiger partial charge in [-0.3, -0.25) is 0 Å². The molecule has 0 radical (unpaired) electrons. The van der Waals surface area contributed by atoms with Crippen molar-refractivity contribution in [1.29, 1.82) is 0 Å². The topological polar surface area (TPSA) is 104 Å². The van der Waals surface area contributed by atoms with Gasteiger partial charge in [-0.1, -0.05) is 12.8 Å². The molecule has 0 aromatic carbocycles. The van der Waals surface area contributed by atoms with E-state index in [1.807, 2.05) is 0 Å². The first-order valence-electron chi connectivity index (χ1n) is 6.60. The van der Waals surface area contributed by atoms with Crippen molar-refractivity contribution in [1.82, 2.24) is 0 Å². The Hall–Kier alpha value is -0.160. The summed E-state index contributed by atoms with van der Waals surface area (Å²) in [6.07, 6.45) is 9.20. The molecule has 2 aliphatic carbocycles. The molecule has 0 aromatic heterocycles. The average Bonchev–Trinajstić information content (AvgIpc) is 2.17. The van der Waals surface area contributed by atoms with Crippen LogP contribution >= 0.6 is 0 Å². The molecule has 4 nitrogen and oxygen atoms in total. The summed E-state index contributed by atoms with van der Waals surface area (Å²) in [5.74, 6) is 0. The summed E-state index contributed by atoms with van der Waals surface area (Å²) < 4.78 is 0. The molecule has 2 fully saturated rings. The Labute approximate surface area is 99.1 Å². The Morgan fingerprint density at radius 2 is 0.750 bits per heavy atom. The highest BCUT2D eigenvalue weighted by molar-refractivity contribution is 4.77. The minimum absolute atomic E-state index is 0.388. The molecule has 2 saturated carbocycles. The van der Waals surface area contributed by atoms with Crippen molar-refractivity contribution in [3.63, 3.8) is 0 Å². The highest BCUT2D eigenvalue weighted by atomic mass is 14.7. The van der Waals surface area contributed by atoms with Gasteiger partial charge in [0.1, 0.15) is 0 Å². The number of hydrogen-bond donors (Lipinski definition) is 4. The van der Waals surface area contributed by atoms with E-state index in [1.54, 1.807) is 0 Å². The van der Waals surface area contributed by atoms with Gasteiger partial charge < -0.3 is 22.9 Å². The molecule has 0 spiro atoms. The first kappa shape index (κ1) is 13.9.